The topological polar surface area (TPSA) is 198 Å². The molecule has 0 saturated carbocycles. The van der Waals surface area contributed by atoms with Crippen LogP contribution in [0.15, 0.2) is 42.6 Å². The van der Waals surface area contributed by atoms with Crippen LogP contribution in [-0.4, -0.2) is 62.7 Å². The quantitative estimate of drug-likeness (QED) is 0.102. The maximum absolute atomic E-state index is 12.4. The summed E-state index contributed by atoms with van der Waals surface area (Å²) in [5.74, 6) is -0.913. The molecule has 4 aromatic rings. The molecule has 1 amide bonds. The highest BCUT2D eigenvalue weighted by Crippen LogP contribution is 2.28. The monoisotopic (exact) mass is 592 g/mol. The molecule has 4 rings (SSSR count). The van der Waals surface area contributed by atoms with Crippen molar-refractivity contribution in [3.63, 3.8) is 0 Å². The van der Waals surface area contributed by atoms with Crippen molar-refractivity contribution in [3.05, 3.63) is 81.0 Å². The third-order valence-corrected chi connectivity index (χ3v) is 5.82. The van der Waals surface area contributed by atoms with E-state index in [2.05, 4.69) is 25.3 Å². The number of nitrogens with zero attached hydrogens (tertiary/aromatic N) is 4. The average Bonchev–Trinajstić information content (AvgIpc) is 3.43. The molecule has 43 heavy (non-hydrogen) atoms. The molecule has 2 aromatic heterocycles. The van der Waals surface area contributed by atoms with Crippen molar-refractivity contribution in [2.45, 2.75) is 33.8 Å². The van der Waals surface area contributed by atoms with Crippen LogP contribution in [0.4, 0.5) is 16.2 Å². The first-order valence-electron chi connectivity index (χ1n) is 13.2. The molecular weight excluding hydrogens is 564 g/mol. The molecule has 0 unspecified atom stereocenters. The first kappa shape index (κ1) is 30.4. The standard InChI is InChI=1S/C28H28N6O9/c1-4-40-25-24(27(36)42-6-3)32-20-11-17(22(34(38)39)13-21(20)33-25)12-23-29-14-19(30-23)15-43-28(37)31-18-9-7-16(8-10-18)26(35)41-5-2/h7-11,13-14H,4-6,12,15H2,1-3H3,(H,29,30)(H,31,37). The minimum Gasteiger partial charge on any atom is -0.476 e. The van der Waals surface area contributed by atoms with Crippen molar-refractivity contribution in [2.75, 3.05) is 25.1 Å². The van der Waals surface area contributed by atoms with Gasteiger partial charge >= 0.3 is 18.0 Å². The Morgan fingerprint density at radius 2 is 1.63 bits per heavy atom. The Morgan fingerprint density at radius 1 is 0.930 bits per heavy atom. The molecule has 15 heteroatoms. The van der Waals surface area contributed by atoms with Gasteiger partial charge in [-0.05, 0) is 51.1 Å². The van der Waals surface area contributed by atoms with Crippen LogP contribution in [0.5, 0.6) is 5.88 Å². The van der Waals surface area contributed by atoms with Crippen LogP contribution in [0, 0.1) is 10.1 Å². The van der Waals surface area contributed by atoms with Gasteiger partial charge in [0.1, 0.15) is 12.4 Å². The van der Waals surface area contributed by atoms with Crippen LogP contribution in [0.3, 0.4) is 0 Å². The third kappa shape index (κ3) is 7.58. The van der Waals surface area contributed by atoms with Crippen LogP contribution in [0.25, 0.3) is 11.0 Å². The highest BCUT2D eigenvalue weighted by Gasteiger charge is 2.23. The minimum atomic E-state index is -0.743. The van der Waals surface area contributed by atoms with Gasteiger partial charge in [0.2, 0.25) is 11.6 Å². The van der Waals surface area contributed by atoms with Gasteiger partial charge in [0, 0.05) is 23.7 Å². The van der Waals surface area contributed by atoms with Crippen LogP contribution in [-0.2, 0) is 27.2 Å². The molecule has 0 fully saturated rings. The maximum atomic E-state index is 12.4. The zero-order valence-corrected chi connectivity index (χ0v) is 23.5. The highest BCUT2D eigenvalue weighted by atomic mass is 16.6. The first-order valence-corrected chi connectivity index (χ1v) is 13.2. The van der Waals surface area contributed by atoms with E-state index in [-0.39, 0.29) is 66.7 Å². The summed E-state index contributed by atoms with van der Waals surface area (Å²) in [6, 6.07) is 8.82. The average molecular weight is 593 g/mol. The van der Waals surface area contributed by atoms with E-state index in [9.17, 15) is 24.5 Å². The van der Waals surface area contributed by atoms with Crippen LogP contribution in [0.1, 0.15) is 58.7 Å². The van der Waals surface area contributed by atoms with Crippen molar-refractivity contribution in [1.82, 2.24) is 19.9 Å². The number of nitro benzene ring substituents is 1. The van der Waals surface area contributed by atoms with Gasteiger partial charge in [-0.1, -0.05) is 0 Å². The number of aromatic nitrogens is 4. The van der Waals surface area contributed by atoms with Gasteiger partial charge in [-0.2, -0.15) is 0 Å². The van der Waals surface area contributed by atoms with Gasteiger partial charge in [0.15, 0.2) is 0 Å². The first-order chi connectivity index (χ1) is 20.7. The molecule has 15 nitrogen and oxygen atoms in total. The van der Waals surface area contributed by atoms with Crippen molar-refractivity contribution < 1.29 is 38.3 Å². The van der Waals surface area contributed by atoms with E-state index >= 15 is 0 Å². The summed E-state index contributed by atoms with van der Waals surface area (Å²) in [4.78, 5) is 63.6. The van der Waals surface area contributed by atoms with Crippen molar-refractivity contribution in [1.29, 1.82) is 0 Å². The second kappa shape index (κ2) is 13.8. The van der Waals surface area contributed by atoms with Crippen LogP contribution >= 0.6 is 0 Å². The number of nitro groups is 1. The number of ether oxygens (including phenoxy) is 4. The Morgan fingerprint density at radius 3 is 2.30 bits per heavy atom. The Labute approximate surface area is 244 Å². The zero-order valence-electron chi connectivity index (χ0n) is 23.5. The molecule has 0 aliphatic heterocycles. The maximum Gasteiger partial charge on any atom is 0.412 e. The van der Waals surface area contributed by atoms with E-state index in [1.54, 1.807) is 20.8 Å². The van der Waals surface area contributed by atoms with Crippen molar-refractivity contribution in [2.24, 2.45) is 0 Å². The Balaban J connectivity index is 1.46. The molecule has 2 N–H and O–H groups in total. The summed E-state index contributed by atoms with van der Waals surface area (Å²) in [6.45, 7) is 5.47. The highest BCUT2D eigenvalue weighted by molar-refractivity contribution is 5.93. The molecule has 0 spiro atoms. The van der Waals surface area contributed by atoms with Gasteiger partial charge in [-0.15, -0.1) is 0 Å². The van der Waals surface area contributed by atoms with Gasteiger partial charge in [0.05, 0.1) is 53.2 Å². The molecule has 2 aromatic carbocycles. The molecule has 0 bridgehead atoms. The number of hydrogen-bond acceptors (Lipinski definition) is 12. The van der Waals surface area contributed by atoms with E-state index in [1.165, 1.54) is 42.6 Å². The molecule has 0 aliphatic rings. The smallest absolute Gasteiger partial charge is 0.412 e. The number of amides is 1. The summed E-state index contributed by atoms with van der Waals surface area (Å²) >= 11 is 0. The lowest BCUT2D eigenvalue weighted by Gasteiger charge is -2.10. The van der Waals surface area contributed by atoms with E-state index in [1.807, 2.05) is 0 Å². The summed E-state index contributed by atoms with van der Waals surface area (Å²) in [5, 5.41) is 14.4. The van der Waals surface area contributed by atoms with E-state index in [0.717, 1.165) is 0 Å². The molecule has 2 heterocycles. The molecule has 0 atom stereocenters. The van der Waals surface area contributed by atoms with Gasteiger partial charge in [-0.3, -0.25) is 15.4 Å². The fourth-order valence-corrected chi connectivity index (χ4v) is 3.95. The lowest BCUT2D eigenvalue weighted by atomic mass is 10.1. The SMILES string of the molecule is CCOC(=O)c1ccc(NC(=O)OCc2cnc(Cc3cc4nc(C(=O)OCC)c(OCC)nc4cc3[N+](=O)[O-])[nH]2)cc1. The summed E-state index contributed by atoms with van der Waals surface area (Å²) in [5.41, 5.74) is 1.50. The van der Waals surface area contributed by atoms with Gasteiger partial charge in [0.25, 0.3) is 5.69 Å². The number of anilines is 1. The van der Waals surface area contributed by atoms with E-state index in [0.29, 0.717) is 22.8 Å². The number of imidazole rings is 1. The lowest BCUT2D eigenvalue weighted by molar-refractivity contribution is -0.385. The fourth-order valence-electron chi connectivity index (χ4n) is 3.95. The fraction of sp³-hybridized carbons (Fsp3) is 0.286. The number of nitrogens with one attached hydrogen (secondary N) is 2. The van der Waals surface area contributed by atoms with Gasteiger partial charge in [-0.25, -0.2) is 29.3 Å². The number of hydrogen-bond donors (Lipinski definition) is 2. The number of fused-ring (bicyclic) bond motifs is 1. The minimum absolute atomic E-state index is 0.00882. The van der Waals surface area contributed by atoms with E-state index in [4.69, 9.17) is 18.9 Å². The molecule has 224 valence electrons. The van der Waals surface area contributed by atoms with E-state index < -0.39 is 23.0 Å². The lowest BCUT2D eigenvalue weighted by Crippen LogP contribution is -2.14. The number of esters is 2. The normalized spacial score (nSPS) is 10.7. The number of carbonyl (C=O) groups is 3. The summed E-state index contributed by atoms with van der Waals surface area (Å²) in [6.07, 6.45) is 0.707. The molecule has 0 aliphatic carbocycles. The van der Waals surface area contributed by atoms with Crippen LogP contribution < -0.4 is 10.1 Å². The second-order valence-electron chi connectivity index (χ2n) is 8.79. The molecule has 0 radical (unpaired) electrons. The molecule has 0 saturated heterocycles. The Hall–Kier alpha value is -5.60. The van der Waals surface area contributed by atoms with Gasteiger partial charge < -0.3 is 23.9 Å². The zero-order chi connectivity index (χ0) is 30.9. The number of carbonyl (C=O) groups excluding carboxylic acids is 3. The predicted molar refractivity (Wildman–Crippen MR) is 151 cm³/mol. The Kier molecular flexibility index (Phi) is 9.78. The predicted octanol–water partition coefficient (Wildman–Crippen LogP) is 4.35. The number of aromatic amines is 1. The van der Waals surface area contributed by atoms with Crippen LogP contribution in [0.2, 0.25) is 0 Å². The third-order valence-electron chi connectivity index (χ3n) is 5.82. The summed E-state index contributed by atoms with van der Waals surface area (Å²) < 4.78 is 20.6. The van der Waals surface area contributed by atoms with Crippen molar-refractivity contribution in [3.8, 4) is 5.88 Å². The number of benzene rings is 2. The molecular formula is C28H28N6O9. The summed E-state index contributed by atoms with van der Waals surface area (Å²) in [7, 11) is 0. The largest absolute Gasteiger partial charge is 0.476 e. The Bertz CT molecular complexity index is 1650. The second-order valence-corrected chi connectivity index (χ2v) is 8.79. The number of H-pyrrole nitrogens is 1. The van der Waals surface area contributed by atoms with Crippen molar-refractivity contribution >= 4 is 40.4 Å². The number of rotatable bonds is 12.